The van der Waals surface area contributed by atoms with Gasteiger partial charge in [-0.2, -0.15) is 4.98 Å². The topological polar surface area (TPSA) is 76.7 Å². The molecule has 2 aromatic heterocycles. The molecule has 4 aromatic rings. The molecular formula is C21H19N5O. The summed E-state index contributed by atoms with van der Waals surface area (Å²) in [5.41, 5.74) is 4.07. The van der Waals surface area contributed by atoms with Gasteiger partial charge >= 0.3 is 0 Å². The van der Waals surface area contributed by atoms with Gasteiger partial charge in [-0.25, -0.2) is 9.97 Å². The number of hydrogen-bond donors (Lipinski definition) is 1. The van der Waals surface area contributed by atoms with Crippen molar-refractivity contribution in [1.29, 1.82) is 0 Å². The molecular weight excluding hydrogens is 338 g/mol. The Morgan fingerprint density at radius 1 is 0.963 bits per heavy atom. The number of anilines is 1. The van der Waals surface area contributed by atoms with Crippen molar-refractivity contribution in [2.75, 3.05) is 5.32 Å². The van der Waals surface area contributed by atoms with Crippen LogP contribution in [-0.2, 0) is 13.0 Å². The molecule has 1 N–H and O–H groups in total. The molecule has 27 heavy (non-hydrogen) atoms. The zero-order valence-electron chi connectivity index (χ0n) is 15.0. The average molecular weight is 357 g/mol. The minimum absolute atomic E-state index is 0.387. The van der Waals surface area contributed by atoms with Crippen LogP contribution >= 0.6 is 0 Å². The predicted molar refractivity (Wildman–Crippen MR) is 104 cm³/mol. The molecule has 6 nitrogen and oxygen atoms in total. The van der Waals surface area contributed by atoms with Gasteiger partial charge in [0, 0.05) is 18.3 Å². The minimum atomic E-state index is 0.387. The lowest BCUT2D eigenvalue weighted by molar-refractivity contribution is 0.432. The fourth-order valence-corrected chi connectivity index (χ4v) is 2.74. The second kappa shape index (κ2) is 7.78. The smallest absolute Gasteiger partial charge is 0.263 e. The number of benzene rings is 2. The molecule has 0 saturated heterocycles. The molecule has 134 valence electrons. The van der Waals surface area contributed by atoms with Crippen LogP contribution in [0.5, 0.6) is 0 Å². The van der Waals surface area contributed by atoms with Crippen molar-refractivity contribution in [2.24, 2.45) is 0 Å². The summed E-state index contributed by atoms with van der Waals surface area (Å²) in [5.74, 6) is 1.58. The van der Waals surface area contributed by atoms with Crippen LogP contribution in [0.25, 0.3) is 22.8 Å². The van der Waals surface area contributed by atoms with E-state index in [9.17, 15) is 0 Å². The fraction of sp³-hybridized carbons (Fsp3) is 0.143. The molecule has 2 aromatic carbocycles. The van der Waals surface area contributed by atoms with Gasteiger partial charge in [0.25, 0.3) is 5.89 Å². The van der Waals surface area contributed by atoms with Crippen molar-refractivity contribution in [3.63, 3.8) is 0 Å². The summed E-state index contributed by atoms with van der Waals surface area (Å²) >= 11 is 0. The molecule has 0 amide bonds. The molecule has 0 unspecified atom stereocenters. The van der Waals surface area contributed by atoms with Crippen molar-refractivity contribution in [3.8, 4) is 22.8 Å². The number of aryl methyl sites for hydroxylation is 1. The summed E-state index contributed by atoms with van der Waals surface area (Å²) in [5, 5.41) is 7.41. The van der Waals surface area contributed by atoms with Crippen LogP contribution in [0.3, 0.4) is 0 Å². The summed E-state index contributed by atoms with van der Waals surface area (Å²) < 4.78 is 5.45. The van der Waals surface area contributed by atoms with E-state index in [1.165, 1.54) is 17.5 Å². The Morgan fingerprint density at radius 2 is 1.74 bits per heavy atom. The molecule has 4 rings (SSSR count). The molecule has 0 fully saturated rings. The maximum Gasteiger partial charge on any atom is 0.263 e. The Hall–Kier alpha value is -3.54. The third-order valence-corrected chi connectivity index (χ3v) is 4.29. The van der Waals surface area contributed by atoms with E-state index in [-0.39, 0.29) is 0 Å². The van der Waals surface area contributed by atoms with Gasteiger partial charge in [0.15, 0.2) is 0 Å². The van der Waals surface area contributed by atoms with E-state index >= 15 is 0 Å². The molecule has 6 heteroatoms. The van der Waals surface area contributed by atoms with Crippen molar-refractivity contribution in [3.05, 3.63) is 78.2 Å². The fourth-order valence-electron chi connectivity index (χ4n) is 2.74. The number of aromatic nitrogens is 4. The Balaban J connectivity index is 1.55. The summed E-state index contributed by atoms with van der Waals surface area (Å²) in [7, 11) is 0. The monoisotopic (exact) mass is 357 g/mol. The zero-order valence-corrected chi connectivity index (χ0v) is 15.0. The van der Waals surface area contributed by atoms with Crippen LogP contribution in [0.2, 0.25) is 0 Å². The molecule has 0 aliphatic heterocycles. The number of nitrogens with one attached hydrogen (secondary N) is 1. The lowest BCUT2D eigenvalue weighted by Gasteiger charge is -2.08. The third kappa shape index (κ3) is 3.84. The summed E-state index contributed by atoms with van der Waals surface area (Å²) in [6.07, 6.45) is 4.21. The normalized spacial score (nSPS) is 10.7. The van der Waals surface area contributed by atoms with E-state index in [0.29, 0.717) is 29.6 Å². The first-order chi connectivity index (χ1) is 13.3. The van der Waals surface area contributed by atoms with E-state index in [2.05, 4.69) is 56.6 Å². The first-order valence-corrected chi connectivity index (χ1v) is 8.84. The van der Waals surface area contributed by atoms with E-state index in [0.717, 1.165) is 12.0 Å². The van der Waals surface area contributed by atoms with Crippen molar-refractivity contribution in [1.82, 2.24) is 20.1 Å². The Bertz CT molecular complexity index is 1010. The van der Waals surface area contributed by atoms with Gasteiger partial charge in [-0.1, -0.05) is 66.7 Å². The first kappa shape index (κ1) is 16.9. The van der Waals surface area contributed by atoms with Crippen LogP contribution in [0, 0.1) is 0 Å². The lowest BCUT2D eigenvalue weighted by Crippen LogP contribution is -2.03. The highest BCUT2D eigenvalue weighted by molar-refractivity contribution is 5.69. The third-order valence-electron chi connectivity index (χ3n) is 4.29. The molecule has 2 heterocycles. The van der Waals surface area contributed by atoms with Crippen LogP contribution < -0.4 is 5.32 Å². The Labute approximate surface area is 157 Å². The SMILES string of the molecule is CCc1ccc(CNc2ncncc2-c2nc(-c3ccccc3)no2)cc1. The highest BCUT2D eigenvalue weighted by Gasteiger charge is 2.15. The maximum atomic E-state index is 5.45. The van der Waals surface area contributed by atoms with Crippen LogP contribution in [-0.4, -0.2) is 20.1 Å². The summed E-state index contributed by atoms with van der Waals surface area (Å²) in [6.45, 7) is 2.79. The molecule has 0 saturated carbocycles. The maximum absolute atomic E-state index is 5.45. The standard InChI is InChI=1S/C21H19N5O/c1-2-15-8-10-16(11-9-15)12-23-20-18(13-22-14-24-20)21-25-19(26-27-21)17-6-4-3-5-7-17/h3-11,13-14H,2,12H2,1H3,(H,22,23,24). The van der Waals surface area contributed by atoms with Crippen LogP contribution in [0.4, 0.5) is 5.82 Å². The molecule has 0 aliphatic rings. The predicted octanol–water partition coefficient (Wildman–Crippen LogP) is 4.37. The molecule has 0 aliphatic carbocycles. The number of rotatable bonds is 6. The van der Waals surface area contributed by atoms with Crippen LogP contribution in [0.1, 0.15) is 18.1 Å². The second-order valence-corrected chi connectivity index (χ2v) is 6.10. The molecule has 0 atom stereocenters. The van der Waals surface area contributed by atoms with Gasteiger partial charge in [0.05, 0.1) is 0 Å². The van der Waals surface area contributed by atoms with Gasteiger partial charge in [-0.05, 0) is 17.5 Å². The second-order valence-electron chi connectivity index (χ2n) is 6.10. The van der Waals surface area contributed by atoms with E-state index in [4.69, 9.17) is 4.52 Å². The van der Waals surface area contributed by atoms with E-state index in [1.54, 1.807) is 6.20 Å². The van der Waals surface area contributed by atoms with Gasteiger partial charge in [-0.3, -0.25) is 0 Å². The highest BCUT2D eigenvalue weighted by atomic mass is 16.5. The Kier molecular flexibility index (Phi) is 4.87. The molecule has 0 bridgehead atoms. The lowest BCUT2D eigenvalue weighted by atomic mass is 10.1. The summed E-state index contributed by atoms with van der Waals surface area (Å²) in [6, 6.07) is 18.2. The molecule has 0 spiro atoms. The van der Waals surface area contributed by atoms with Crippen molar-refractivity contribution in [2.45, 2.75) is 19.9 Å². The number of nitrogens with zero attached hydrogens (tertiary/aromatic N) is 4. The van der Waals surface area contributed by atoms with E-state index < -0.39 is 0 Å². The quantitative estimate of drug-likeness (QED) is 0.552. The van der Waals surface area contributed by atoms with Gasteiger partial charge in [0.2, 0.25) is 5.82 Å². The van der Waals surface area contributed by atoms with Gasteiger partial charge in [0.1, 0.15) is 17.7 Å². The molecule has 0 radical (unpaired) electrons. The largest absolute Gasteiger partial charge is 0.365 e. The van der Waals surface area contributed by atoms with E-state index in [1.807, 2.05) is 30.3 Å². The minimum Gasteiger partial charge on any atom is -0.365 e. The van der Waals surface area contributed by atoms with Gasteiger partial charge in [-0.15, -0.1) is 0 Å². The Morgan fingerprint density at radius 3 is 2.52 bits per heavy atom. The van der Waals surface area contributed by atoms with Crippen LogP contribution in [0.15, 0.2) is 71.6 Å². The first-order valence-electron chi connectivity index (χ1n) is 8.84. The zero-order chi connectivity index (χ0) is 18.5. The van der Waals surface area contributed by atoms with Crippen molar-refractivity contribution < 1.29 is 4.52 Å². The number of hydrogen-bond acceptors (Lipinski definition) is 6. The van der Waals surface area contributed by atoms with Crippen molar-refractivity contribution >= 4 is 5.82 Å². The van der Waals surface area contributed by atoms with Gasteiger partial charge < -0.3 is 9.84 Å². The summed E-state index contributed by atoms with van der Waals surface area (Å²) in [4.78, 5) is 12.9. The highest BCUT2D eigenvalue weighted by Crippen LogP contribution is 2.26. The average Bonchev–Trinajstić information content (AvgIpc) is 3.23.